The van der Waals surface area contributed by atoms with Gasteiger partial charge in [-0.2, -0.15) is 0 Å². The summed E-state index contributed by atoms with van der Waals surface area (Å²) in [7, 11) is 0. The van der Waals surface area contributed by atoms with Crippen LogP contribution in [0.15, 0.2) is 24.3 Å². The predicted molar refractivity (Wildman–Crippen MR) is 61.0 cm³/mol. The summed E-state index contributed by atoms with van der Waals surface area (Å²) in [6.07, 6.45) is -1.38. The van der Waals surface area contributed by atoms with E-state index in [0.29, 0.717) is 5.56 Å². The summed E-state index contributed by atoms with van der Waals surface area (Å²) < 4.78 is 4.92. The predicted octanol–water partition coefficient (Wildman–Crippen LogP) is 1.19. The Hall–Kier alpha value is -2.24. The van der Waals surface area contributed by atoms with Crippen molar-refractivity contribution in [2.24, 2.45) is 0 Å². The minimum atomic E-state index is -1.00. The van der Waals surface area contributed by atoms with E-state index >= 15 is 0 Å². The van der Waals surface area contributed by atoms with Gasteiger partial charge in [0.05, 0.1) is 19.5 Å². The summed E-state index contributed by atoms with van der Waals surface area (Å²) in [5.41, 5.74) is 0.602. The van der Waals surface area contributed by atoms with Crippen LogP contribution in [0.3, 0.4) is 0 Å². The molecular formula is C12H13NO5. The third-order valence-corrected chi connectivity index (χ3v) is 2.70. The van der Waals surface area contributed by atoms with Crippen LogP contribution < -0.4 is 0 Å². The molecule has 6 nitrogen and oxygen atoms in total. The van der Waals surface area contributed by atoms with Gasteiger partial charge in [-0.15, -0.1) is 0 Å². The van der Waals surface area contributed by atoms with Gasteiger partial charge in [0.25, 0.3) is 0 Å². The number of aromatic hydroxyl groups is 1. The van der Waals surface area contributed by atoms with Gasteiger partial charge >= 0.3 is 12.1 Å². The average Bonchev–Trinajstić information content (AvgIpc) is 2.61. The van der Waals surface area contributed by atoms with Crippen LogP contribution in [-0.4, -0.2) is 39.8 Å². The standard InChI is InChI=1S/C12H13NO5/c14-10-4-2-1-3-8(10)6-13-7-9(5-11(15)16)18-12(13)17/h1-4,9,14H,5-7H2,(H,15,16). The lowest BCUT2D eigenvalue weighted by Crippen LogP contribution is -2.25. The van der Waals surface area contributed by atoms with Gasteiger partial charge in [-0.1, -0.05) is 18.2 Å². The van der Waals surface area contributed by atoms with Crippen molar-refractivity contribution in [1.82, 2.24) is 4.90 Å². The maximum absolute atomic E-state index is 11.5. The SMILES string of the molecule is O=C(O)CC1CN(Cc2ccccc2O)C(=O)O1. The van der Waals surface area contributed by atoms with Crippen LogP contribution in [0.5, 0.6) is 5.75 Å². The molecule has 1 aliphatic heterocycles. The summed E-state index contributed by atoms with van der Waals surface area (Å²) in [5.74, 6) is -0.899. The quantitative estimate of drug-likeness (QED) is 0.839. The molecule has 1 aromatic carbocycles. The van der Waals surface area contributed by atoms with Crippen LogP contribution in [0.1, 0.15) is 12.0 Å². The van der Waals surface area contributed by atoms with Crippen molar-refractivity contribution in [3.05, 3.63) is 29.8 Å². The van der Waals surface area contributed by atoms with E-state index in [1.54, 1.807) is 18.2 Å². The molecule has 1 unspecified atom stereocenters. The zero-order valence-electron chi connectivity index (χ0n) is 9.57. The molecule has 0 spiro atoms. The number of para-hydroxylation sites is 1. The van der Waals surface area contributed by atoms with E-state index in [1.807, 2.05) is 0 Å². The number of carbonyl (C=O) groups excluding carboxylic acids is 1. The lowest BCUT2D eigenvalue weighted by atomic mass is 10.2. The van der Waals surface area contributed by atoms with E-state index in [4.69, 9.17) is 9.84 Å². The molecule has 0 aliphatic carbocycles. The second-order valence-electron chi connectivity index (χ2n) is 4.11. The van der Waals surface area contributed by atoms with E-state index < -0.39 is 18.2 Å². The minimum Gasteiger partial charge on any atom is -0.508 e. The molecule has 1 aliphatic rings. The van der Waals surface area contributed by atoms with Crippen LogP contribution in [0.4, 0.5) is 4.79 Å². The van der Waals surface area contributed by atoms with Crippen LogP contribution in [0.2, 0.25) is 0 Å². The van der Waals surface area contributed by atoms with Crippen LogP contribution in [0, 0.1) is 0 Å². The highest BCUT2D eigenvalue weighted by atomic mass is 16.6. The fraction of sp³-hybridized carbons (Fsp3) is 0.333. The van der Waals surface area contributed by atoms with E-state index in [2.05, 4.69) is 0 Å². The fourth-order valence-corrected chi connectivity index (χ4v) is 1.85. The highest BCUT2D eigenvalue weighted by molar-refractivity contribution is 5.73. The van der Waals surface area contributed by atoms with E-state index in [9.17, 15) is 14.7 Å². The van der Waals surface area contributed by atoms with Crippen molar-refractivity contribution in [3.63, 3.8) is 0 Å². The number of carboxylic acid groups (broad SMARTS) is 1. The number of hydrogen-bond donors (Lipinski definition) is 2. The number of nitrogens with zero attached hydrogens (tertiary/aromatic N) is 1. The van der Waals surface area contributed by atoms with Gasteiger partial charge in [0, 0.05) is 5.56 Å². The van der Waals surface area contributed by atoms with Crippen LogP contribution in [-0.2, 0) is 16.1 Å². The number of ether oxygens (including phenoxy) is 1. The number of phenols is 1. The Balaban J connectivity index is 2.01. The molecule has 6 heteroatoms. The Bertz CT molecular complexity index is 473. The van der Waals surface area contributed by atoms with Crippen molar-refractivity contribution in [1.29, 1.82) is 0 Å². The molecule has 1 amide bonds. The average molecular weight is 251 g/mol. The summed E-state index contributed by atoms with van der Waals surface area (Å²) in [6, 6.07) is 6.68. The van der Waals surface area contributed by atoms with E-state index in [0.717, 1.165) is 0 Å². The first kappa shape index (κ1) is 12.2. The fourth-order valence-electron chi connectivity index (χ4n) is 1.85. The Morgan fingerprint density at radius 3 is 2.83 bits per heavy atom. The third kappa shape index (κ3) is 2.71. The molecule has 0 bridgehead atoms. The highest BCUT2D eigenvalue weighted by Crippen LogP contribution is 2.22. The number of carbonyl (C=O) groups is 2. The number of hydrogen-bond acceptors (Lipinski definition) is 4. The van der Waals surface area contributed by atoms with Crippen molar-refractivity contribution >= 4 is 12.1 Å². The molecule has 1 fully saturated rings. The van der Waals surface area contributed by atoms with Gasteiger partial charge in [-0.3, -0.25) is 4.79 Å². The van der Waals surface area contributed by atoms with Crippen molar-refractivity contribution < 1.29 is 24.5 Å². The van der Waals surface area contributed by atoms with Crippen molar-refractivity contribution in [2.45, 2.75) is 19.1 Å². The molecule has 96 valence electrons. The molecule has 1 saturated heterocycles. The molecule has 0 saturated carbocycles. The zero-order chi connectivity index (χ0) is 13.1. The molecule has 0 aromatic heterocycles. The summed E-state index contributed by atoms with van der Waals surface area (Å²) in [5, 5.41) is 18.2. The summed E-state index contributed by atoms with van der Waals surface area (Å²) in [4.78, 5) is 23.4. The topological polar surface area (TPSA) is 87.1 Å². The Labute approximate surface area is 103 Å². The van der Waals surface area contributed by atoms with Crippen molar-refractivity contribution in [2.75, 3.05) is 6.54 Å². The van der Waals surface area contributed by atoms with Crippen LogP contribution in [0.25, 0.3) is 0 Å². The van der Waals surface area contributed by atoms with Gasteiger partial charge in [0.1, 0.15) is 11.9 Å². The first-order valence-electron chi connectivity index (χ1n) is 5.50. The first-order valence-corrected chi connectivity index (χ1v) is 5.50. The molecule has 1 atom stereocenters. The maximum Gasteiger partial charge on any atom is 0.410 e. The molecule has 18 heavy (non-hydrogen) atoms. The van der Waals surface area contributed by atoms with Gasteiger partial charge in [-0.25, -0.2) is 4.79 Å². The molecule has 1 aromatic rings. The van der Waals surface area contributed by atoms with Gasteiger partial charge in [0.2, 0.25) is 0 Å². The normalized spacial score (nSPS) is 18.8. The Morgan fingerprint density at radius 2 is 2.17 bits per heavy atom. The zero-order valence-corrected chi connectivity index (χ0v) is 9.57. The second kappa shape index (κ2) is 4.95. The molecule has 1 heterocycles. The number of amides is 1. The smallest absolute Gasteiger partial charge is 0.410 e. The monoisotopic (exact) mass is 251 g/mol. The van der Waals surface area contributed by atoms with E-state index in [-0.39, 0.29) is 25.3 Å². The lowest BCUT2D eigenvalue weighted by Gasteiger charge is -2.13. The molecule has 2 N–H and O–H groups in total. The number of carboxylic acids is 1. The minimum absolute atomic E-state index is 0.104. The largest absolute Gasteiger partial charge is 0.508 e. The number of phenolic OH excluding ortho intramolecular Hbond substituents is 1. The Morgan fingerprint density at radius 1 is 1.44 bits per heavy atom. The van der Waals surface area contributed by atoms with Gasteiger partial charge < -0.3 is 19.8 Å². The first-order chi connectivity index (χ1) is 8.56. The van der Waals surface area contributed by atoms with Crippen LogP contribution >= 0.6 is 0 Å². The number of aliphatic carboxylic acids is 1. The molecule has 0 radical (unpaired) electrons. The highest BCUT2D eigenvalue weighted by Gasteiger charge is 2.32. The molecular weight excluding hydrogens is 238 g/mol. The third-order valence-electron chi connectivity index (χ3n) is 2.70. The number of rotatable bonds is 4. The van der Waals surface area contributed by atoms with E-state index in [1.165, 1.54) is 11.0 Å². The maximum atomic E-state index is 11.5. The number of cyclic esters (lactones) is 1. The summed E-state index contributed by atoms with van der Waals surface area (Å²) in [6.45, 7) is 0.432. The van der Waals surface area contributed by atoms with Gasteiger partial charge in [-0.05, 0) is 6.07 Å². The molecule has 2 rings (SSSR count). The second-order valence-corrected chi connectivity index (χ2v) is 4.11. The lowest BCUT2D eigenvalue weighted by molar-refractivity contribution is -0.138. The van der Waals surface area contributed by atoms with Crippen molar-refractivity contribution in [3.8, 4) is 5.75 Å². The number of benzene rings is 1. The Kier molecular flexibility index (Phi) is 3.36. The van der Waals surface area contributed by atoms with Gasteiger partial charge in [0.15, 0.2) is 0 Å². The summed E-state index contributed by atoms with van der Waals surface area (Å²) >= 11 is 0.